The molecule has 0 saturated heterocycles. The summed E-state index contributed by atoms with van der Waals surface area (Å²) >= 11 is 0. The number of hydrogen-bond donors (Lipinski definition) is 2. The van der Waals surface area contributed by atoms with E-state index >= 15 is 0 Å². The molecule has 7 heteroatoms. The van der Waals surface area contributed by atoms with Gasteiger partial charge >= 0.3 is 0 Å². The molecule has 1 aliphatic rings. The first kappa shape index (κ1) is 14.9. The number of carbonyl (C=O) groups excluding carboxylic acids is 1. The highest BCUT2D eigenvalue weighted by atomic mass is 16.5. The van der Waals surface area contributed by atoms with E-state index in [0.717, 1.165) is 25.7 Å². The maximum Gasteiger partial charge on any atom is 0.240 e. The van der Waals surface area contributed by atoms with Crippen LogP contribution in [0.1, 0.15) is 50.2 Å². The van der Waals surface area contributed by atoms with Gasteiger partial charge < -0.3 is 15.0 Å². The molecule has 7 nitrogen and oxygen atoms in total. The molecule has 1 heterocycles. The van der Waals surface area contributed by atoms with Crippen molar-refractivity contribution in [1.29, 1.82) is 0 Å². The maximum absolute atomic E-state index is 10.7. The average molecular weight is 282 g/mol. The van der Waals surface area contributed by atoms with Crippen LogP contribution in [-0.2, 0) is 21.7 Å². The smallest absolute Gasteiger partial charge is 0.240 e. The predicted molar refractivity (Wildman–Crippen MR) is 71.6 cm³/mol. The zero-order chi connectivity index (χ0) is 14.4. The van der Waals surface area contributed by atoms with Gasteiger partial charge in [-0.05, 0) is 12.8 Å². The summed E-state index contributed by atoms with van der Waals surface area (Å²) in [5.41, 5.74) is 4.62. The lowest BCUT2D eigenvalue weighted by atomic mass is 9.93. The van der Waals surface area contributed by atoms with Crippen LogP contribution in [0.3, 0.4) is 0 Å². The van der Waals surface area contributed by atoms with E-state index in [4.69, 9.17) is 15.0 Å². The highest BCUT2D eigenvalue weighted by molar-refractivity contribution is 5.75. The minimum atomic E-state index is -0.429. The highest BCUT2D eigenvalue weighted by Gasteiger charge is 2.37. The van der Waals surface area contributed by atoms with Crippen molar-refractivity contribution >= 4 is 5.91 Å². The molecule has 1 aromatic rings. The van der Waals surface area contributed by atoms with Crippen molar-refractivity contribution in [2.24, 2.45) is 5.73 Å². The lowest BCUT2D eigenvalue weighted by molar-refractivity contribution is -0.117. The number of primary amides is 1. The Kier molecular flexibility index (Phi) is 5.08. The number of amides is 1. The fourth-order valence-corrected chi connectivity index (χ4v) is 2.62. The van der Waals surface area contributed by atoms with Gasteiger partial charge in [-0.3, -0.25) is 10.1 Å². The van der Waals surface area contributed by atoms with Crippen LogP contribution in [0.2, 0.25) is 0 Å². The van der Waals surface area contributed by atoms with Crippen molar-refractivity contribution < 1.29 is 14.1 Å². The normalized spacial score (nSPS) is 18.6. The molecule has 20 heavy (non-hydrogen) atoms. The summed E-state index contributed by atoms with van der Waals surface area (Å²) in [6.45, 7) is 0.420. The third kappa shape index (κ3) is 3.55. The number of methoxy groups -OCH3 is 1. The quantitative estimate of drug-likeness (QED) is 0.749. The van der Waals surface area contributed by atoms with E-state index in [-0.39, 0.29) is 6.54 Å². The van der Waals surface area contributed by atoms with E-state index in [1.54, 1.807) is 7.11 Å². The molecule has 1 fully saturated rings. The molecule has 0 atom stereocenters. The first-order valence-corrected chi connectivity index (χ1v) is 7.03. The second-order valence-electron chi connectivity index (χ2n) is 5.19. The number of nitrogens with one attached hydrogen (secondary N) is 1. The second kappa shape index (κ2) is 6.81. The summed E-state index contributed by atoms with van der Waals surface area (Å²) in [6.07, 6.45) is 6.48. The largest absolute Gasteiger partial charge is 0.370 e. The third-order valence-corrected chi connectivity index (χ3v) is 3.75. The molecule has 1 aromatic heterocycles. The Hall–Kier alpha value is -1.47. The molecular formula is C13H22N4O3. The molecular weight excluding hydrogens is 260 g/mol. The van der Waals surface area contributed by atoms with E-state index in [2.05, 4.69) is 15.5 Å². The molecule has 0 aliphatic heterocycles. The fraction of sp³-hybridized carbons (Fsp3) is 0.769. The molecule has 1 aliphatic carbocycles. The van der Waals surface area contributed by atoms with Crippen LogP contribution in [0, 0.1) is 0 Å². The topological polar surface area (TPSA) is 103 Å². The van der Waals surface area contributed by atoms with E-state index in [1.807, 2.05) is 0 Å². The monoisotopic (exact) mass is 282 g/mol. The molecule has 0 spiro atoms. The van der Waals surface area contributed by atoms with Gasteiger partial charge in [0.25, 0.3) is 0 Å². The Morgan fingerprint density at radius 2 is 2.10 bits per heavy atom. The third-order valence-electron chi connectivity index (χ3n) is 3.75. The fourth-order valence-electron chi connectivity index (χ4n) is 2.62. The molecule has 0 aromatic carbocycles. The van der Waals surface area contributed by atoms with Gasteiger partial charge in [-0.25, -0.2) is 0 Å². The number of nitrogens with zero attached hydrogens (tertiary/aromatic N) is 2. The van der Waals surface area contributed by atoms with E-state index in [9.17, 15) is 4.79 Å². The molecule has 112 valence electrons. The van der Waals surface area contributed by atoms with Crippen LogP contribution < -0.4 is 11.1 Å². The zero-order valence-corrected chi connectivity index (χ0v) is 11.9. The average Bonchev–Trinajstić information content (AvgIpc) is 2.76. The van der Waals surface area contributed by atoms with Crippen LogP contribution in [0.5, 0.6) is 0 Å². The Morgan fingerprint density at radius 3 is 2.70 bits per heavy atom. The van der Waals surface area contributed by atoms with E-state index in [1.165, 1.54) is 12.8 Å². The SMILES string of the molecule is COC1(c2noc(CNCC(N)=O)n2)CCCCCC1. The first-order chi connectivity index (χ1) is 9.66. The molecule has 0 radical (unpaired) electrons. The summed E-state index contributed by atoms with van der Waals surface area (Å²) in [7, 11) is 1.70. The summed E-state index contributed by atoms with van der Waals surface area (Å²) < 4.78 is 10.9. The van der Waals surface area contributed by atoms with Crippen molar-refractivity contribution in [3.05, 3.63) is 11.7 Å². The first-order valence-electron chi connectivity index (χ1n) is 7.03. The van der Waals surface area contributed by atoms with Gasteiger partial charge in [0.05, 0.1) is 13.1 Å². The number of hydrogen-bond acceptors (Lipinski definition) is 6. The van der Waals surface area contributed by atoms with Crippen LogP contribution >= 0.6 is 0 Å². The standard InChI is InChI=1S/C13H22N4O3/c1-19-13(6-4-2-3-5-7-13)12-16-11(20-17-12)9-15-8-10(14)18/h15H,2-9H2,1H3,(H2,14,18). The number of carbonyl (C=O) groups is 1. The minimum absolute atomic E-state index is 0.0904. The lowest BCUT2D eigenvalue weighted by Gasteiger charge is -2.27. The van der Waals surface area contributed by atoms with Crippen LogP contribution in [-0.4, -0.2) is 29.7 Å². The summed E-state index contributed by atoms with van der Waals surface area (Å²) in [5, 5.41) is 6.90. The van der Waals surface area contributed by atoms with E-state index < -0.39 is 11.5 Å². The molecule has 1 saturated carbocycles. The van der Waals surface area contributed by atoms with Crippen molar-refractivity contribution in [2.75, 3.05) is 13.7 Å². The van der Waals surface area contributed by atoms with Gasteiger partial charge in [0.1, 0.15) is 5.60 Å². The summed E-state index contributed by atoms with van der Waals surface area (Å²) in [5.74, 6) is 0.640. The van der Waals surface area contributed by atoms with E-state index in [0.29, 0.717) is 18.3 Å². The zero-order valence-electron chi connectivity index (χ0n) is 11.9. The van der Waals surface area contributed by atoms with Gasteiger partial charge in [0.2, 0.25) is 17.6 Å². The molecule has 2 rings (SSSR count). The number of aromatic nitrogens is 2. The highest BCUT2D eigenvalue weighted by Crippen LogP contribution is 2.37. The second-order valence-corrected chi connectivity index (χ2v) is 5.19. The van der Waals surface area contributed by atoms with Crippen LogP contribution in [0.4, 0.5) is 0 Å². The molecule has 3 N–H and O–H groups in total. The van der Waals surface area contributed by atoms with Gasteiger partial charge in [0, 0.05) is 7.11 Å². The Bertz CT molecular complexity index is 439. The lowest BCUT2D eigenvalue weighted by Crippen LogP contribution is -2.30. The Balaban J connectivity index is 2.03. The van der Waals surface area contributed by atoms with Crippen LogP contribution in [0.15, 0.2) is 4.52 Å². The Morgan fingerprint density at radius 1 is 1.40 bits per heavy atom. The van der Waals surface area contributed by atoms with Crippen molar-refractivity contribution in [3.63, 3.8) is 0 Å². The Labute approximate surface area is 118 Å². The van der Waals surface area contributed by atoms with Gasteiger partial charge in [0.15, 0.2) is 0 Å². The predicted octanol–water partition coefficient (Wildman–Crippen LogP) is 0.840. The van der Waals surface area contributed by atoms with Gasteiger partial charge in [-0.15, -0.1) is 0 Å². The minimum Gasteiger partial charge on any atom is -0.370 e. The van der Waals surface area contributed by atoms with Crippen molar-refractivity contribution in [3.8, 4) is 0 Å². The number of rotatable bonds is 6. The molecule has 0 bridgehead atoms. The summed E-state index contributed by atoms with van der Waals surface area (Å²) in [6, 6.07) is 0. The summed E-state index contributed by atoms with van der Waals surface area (Å²) in [4.78, 5) is 15.0. The van der Waals surface area contributed by atoms with Crippen molar-refractivity contribution in [1.82, 2.24) is 15.5 Å². The van der Waals surface area contributed by atoms with Gasteiger partial charge in [-0.2, -0.15) is 4.98 Å². The number of nitrogens with two attached hydrogens (primary N) is 1. The molecule has 0 unspecified atom stereocenters. The van der Waals surface area contributed by atoms with Crippen molar-refractivity contribution in [2.45, 2.75) is 50.7 Å². The number of ether oxygens (including phenoxy) is 1. The molecule has 1 amide bonds. The van der Waals surface area contributed by atoms with Gasteiger partial charge in [-0.1, -0.05) is 30.8 Å². The maximum atomic E-state index is 10.7. The van der Waals surface area contributed by atoms with Crippen LogP contribution in [0.25, 0.3) is 0 Å².